The third-order valence-corrected chi connectivity index (χ3v) is 6.12. The predicted molar refractivity (Wildman–Crippen MR) is 88.4 cm³/mol. The molecule has 118 valence electrons. The van der Waals surface area contributed by atoms with Crippen LogP contribution in [0, 0.1) is 0 Å². The van der Waals surface area contributed by atoms with E-state index in [0.29, 0.717) is 12.1 Å². The number of hydrogen-bond donors (Lipinski definition) is 1. The average molecular weight is 301 g/mol. The van der Waals surface area contributed by atoms with Crippen LogP contribution >= 0.6 is 11.8 Å². The lowest BCUT2D eigenvalue weighted by Gasteiger charge is -2.48. The molecule has 2 saturated heterocycles. The van der Waals surface area contributed by atoms with Crippen LogP contribution in [-0.4, -0.2) is 53.8 Å². The molecule has 3 nitrogen and oxygen atoms in total. The second-order valence-corrected chi connectivity index (χ2v) is 7.51. The Morgan fingerprint density at radius 2 is 2.00 bits per heavy atom. The molecule has 1 unspecified atom stereocenters. The Labute approximate surface area is 129 Å². The van der Waals surface area contributed by atoms with E-state index >= 15 is 0 Å². The van der Waals surface area contributed by atoms with Crippen molar-refractivity contribution in [3.8, 4) is 0 Å². The van der Waals surface area contributed by atoms with Crippen LogP contribution in [-0.2, 0) is 4.74 Å². The summed E-state index contributed by atoms with van der Waals surface area (Å²) < 4.78 is 6.24. The molecule has 20 heavy (non-hydrogen) atoms. The summed E-state index contributed by atoms with van der Waals surface area (Å²) in [6.07, 6.45) is 7.37. The van der Waals surface area contributed by atoms with E-state index in [1.54, 1.807) is 0 Å². The number of ether oxygens (including phenoxy) is 1. The summed E-state index contributed by atoms with van der Waals surface area (Å²) in [5.41, 5.74) is 6.06. The molecule has 0 amide bonds. The number of rotatable bonds is 6. The van der Waals surface area contributed by atoms with Gasteiger partial charge in [0.1, 0.15) is 0 Å². The fourth-order valence-electron chi connectivity index (χ4n) is 3.95. The monoisotopic (exact) mass is 300 g/mol. The molecule has 4 heteroatoms. The Morgan fingerprint density at radius 3 is 2.60 bits per heavy atom. The number of thioether (sulfide) groups is 1. The van der Waals surface area contributed by atoms with Crippen molar-refractivity contribution in [3.63, 3.8) is 0 Å². The lowest BCUT2D eigenvalue weighted by atomic mass is 9.84. The molecular weight excluding hydrogens is 268 g/mol. The third-order valence-electron chi connectivity index (χ3n) is 5.14. The molecule has 2 aliphatic heterocycles. The topological polar surface area (TPSA) is 38.5 Å². The summed E-state index contributed by atoms with van der Waals surface area (Å²) >= 11 is 2.08. The van der Waals surface area contributed by atoms with Gasteiger partial charge < -0.3 is 10.5 Å². The maximum Gasteiger partial charge on any atom is 0.0713 e. The maximum atomic E-state index is 6.24. The molecule has 0 aromatic carbocycles. The van der Waals surface area contributed by atoms with E-state index in [0.717, 1.165) is 19.7 Å². The molecule has 0 radical (unpaired) electrons. The molecule has 2 heterocycles. The quantitative estimate of drug-likeness (QED) is 0.818. The van der Waals surface area contributed by atoms with E-state index in [9.17, 15) is 0 Å². The smallest absolute Gasteiger partial charge is 0.0713 e. The van der Waals surface area contributed by atoms with Crippen LogP contribution in [0.2, 0.25) is 0 Å². The van der Waals surface area contributed by atoms with Gasteiger partial charge in [0.2, 0.25) is 0 Å². The molecule has 0 bridgehead atoms. The van der Waals surface area contributed by atoms with E-state index in [4.69, 9.17) is 10.5 Å². The van der Waals surface area contributed by atoms with Crippen LogP contribution in [0.25, 0.3) is 0 Å². The molecule has 0 saturated carbocycles. The first kappa shape index (κ1) is 16.6. The average Bonchev–Trinajstić information content (AvgIpc) is 2.48. The highest BCUT2D eigenvalue weighted by Crippen LogP contribution is 2.39. The van der Waals surface area contributed by atoms with Crippen LogP contribution in [0.5, 0.6) is 0 Å². The Bertz CT molecular complexity index is 272. The van der Waals surface area contributed by atoms with Gasteiger partial charge in [-0.2, -0.15) is 11.8 Å². The zero-order valence-corrected chi connectivity index (χ0v) is 14.1. The van der Waals surface area contributed by atoms with E-state index in [1.165, 1.54) is 50.0 Å². The van der Waals surface area contributed by atoms with Gasteiger partial charge in [-0.05, 0) is 50.0 Å². The van der Waals surface area contributed by atoms with Gasteiger partial charge in [-0.25, -0.2) is 0 Å². The van der Waals surface area contributed by atoms with E-state index in [1.807, 2.05) is 0 Å². The van der Waals surface area contributed by atoms with Gasteiger partial charge >= 0.3 is 0 Å². The lowest BCUT2D eigenvalue weighted by Crippen LogP contribution is -2.53. The van der Waals surface area contributed by atoms with Gasteiger partial charge in [-0.15, -0.1) is 0 Å². The van der Waals surface area contributed by atoms with Crippen LogP contribution in [0.15, 0.2) is 0 Å². The second-order valence-electron chi connectivity index (χ2n) is 6.29. The normalized spacial score (nSPS) is 26.6. The summed E-state index contributed by atoms with van der Waals surface area (Å²) in [5, 5.41) is 0. The first-order chi connectivity index (χ1) is 9.74. The van der Waals surface area contributed by atoms with Crippen LogP contribution in [0.1, 0.15) is 52.4 Å². The molecule has 2 fully saturated rings. The minimum absolute atomic E-state index is 0.188. The van der Waals surface area contributed by atoms with Gasteiger partial charge in [0.15, 0.2) is 0 Å². The van der Waals surface area contributed by atoms with Crippen molar-refractivity contribution in [1.82, 2.24) is 4.90 Å². The largest absolute Gasteiger partial charge is 0.375 e. The highest BCUT2D eigenvalue weighted by molar-refractivity contribution is 7.99. The van der Waals surface area contributed by atoms with Crippen molar-refractivity contribution >= 4 is 11.8 Å². The maximum absolute atomic E-state index is 6.24. The van der Waals surface area contributed by atoms with Crippen molar-refractivity contribution in [2.75, 3.05) is 31.2 Å². The van der Waals surface area contributed by atoms with E-state index in [-0.39, 0.29) is 5.60 Å². The Balaban J connectivity index is 2.04. The first-order valence-corrected chi connectivity index (χ1v) is 9.57. The summed E-state index contributed by atoms with van der Waals surface area (Å²) in [5.74, 6) is 2.54. The summed E-state index contributed by atoms with van der Waals surface area (Å²) in [7, 11) is 0. The molecular formula is C16H32N2OS. The highest BCUT2D eigenvalue weighted by Gasteiger charge is 2.41. The molecule has 2 aliphatic rings. The fraction of sp³-hybridized carbons (Fsp3) is 1.00. The van der Waals surface area contributed by atoms with Crippen LogP contribution in [0.3, 0.4) is 0 Å². The summed E-state index contributed by atoms with van der Waals surface area (Å²) in [4.78, 5) is 2.70. The molecule has 0 aliphatic carbocycles. The Kier molecular flexibility index (Phi) is 6.66. The van der Waals surface area contributed by atoms with E-state index < -0.39 is 0 Å². The molecule has 0 aromatic rings. The van der Waals surface area contributed by atoms with Crippen molar-refractivity contribution in [1.29, 1.82) is 0 Å². The Hall–Kier alpha value is 0.230. The minimum atomic E-state index is 0.188. The SMILES string of the molecule is CCC(CC)N(CCN)C1CCOC2(CCSCC2)C1. The fourth-order valence-corrected chi connectivity index (χ4v) is 5.18. The molecule has 0 aromatic heterocycles. The van der Waals surface area contributed by atoms with Crippen molar-refractivity contribution in [2.45, 2.75) is 70.1 Å². The van der Waals surface area contributed by atoms with Crippen LogP contribution in [0.4, 0.5) is 0 Å². The van der Waals surface area contributed by atoms with Gasteiger partial charge in [0.05, 0.1) is 5.60 Å². The van der Waals surface area contributed by atoms with Gasteiger partial charge in [0.25, 0.3) is 0 Å². The number of hydrogen-bond acceptors (Lipinski definition) is 4. The first-order valence-electron chi connectivity index (χ1n) is 8.42. The molecule has 1 spiro atoms. The highest BCUT2D eigenvalue weighted by atomic mass is 32.2. The number of nitrogens with zero attached hydrogens (tertiary/aromatic N) is 1. The summed E-state index contributed by atoms with van der Waals surface area (Å²) in [6.45, 7) is 7.38. The molecule has 2 rings (SSSR count). The lowest BCUT2D eigenvalue weighted by molar-refractivity contribution is -0.115. The van der Waals surface area contributed by atoms with Crippen molar-refractivity contribution in [3.05, 3.63) is 0 Å². The van der Waals surface area contributed by atoms with Crippen molar-refractivity contribution < 1.29 is 4.74 Å². The molecule has 2 N–H and O–H groups in total. The minimum Gasteiger partial charge on any atom is -0.375 e. The second kappa shape index (κ2) is 8.02. The van der Waals surface area contributed by atoms with Gasteiger partial charge in [0, 0.05) is 31.8 Å². The Morgan fingerprint density at radius 1 is 1.30 bits per heavy atom. The van der Waals surface area contributed by atoms with Crippen LogP contribution < -0.4 is 5.73 Å². The zero-order valence-electron chi connectivity index (χ0n) is 13.3. The zero-order chi connectivity index (χ0) is 14.4. The molecule has 1 atom stereocenters. The third kappa shape index (κ3) is 3.90. The van der Waals surface area contributed by atoms with E-state index in [2.05, 4.69) is 30.5 Å². The standard InChI is InChI=1S/C16H32N2OS/c1-3-14(4-2)18(9-8-17)15-5-10-19-16(13-15)6-11-20-12-7-16/h14-15H,3-13,17H2,1-2H3. The predicted octanol–water partition coefficient (Wildman–Crippen LogP) is 2.88. The number of nitrogens with two attached hydrogens (primary N) is 1. The van der Waals surface area contributed by atoms with Gasteiger partial charge in [-0.1, -0.05) is 13.8 Å². The van der Waals surface area contributed by atoms with Gasteiger partial charge in [-0.3, -0.25) is 4.90 Å². The van der Waals surface area contributed by atoms with Crippen molar-refractivity contribution in [2.24, 2.45) is 5.73 Å². The summed E-state index contributed by atoms with van der Waals surface area (Å²) in [6, 6.07) is 1.37.